The number of benzene rings is 2. The van der Waals surface area contributed by atoms with Crippen molar-refractivity contribution in [3.8, 4) is 11.5 Å². The Bertz CT molecular complexity index is 906. The zero-order chi connectivity index (χ0) is 22.4. The minimum atomic E-state index is -0.222. The van der Waals surface area contributed by atoms with Gasteiger partial charge in [0.05, 0.1) is 20.3 Å². The van der Waals surface area contributed by atoms with Gasteiger partial charge in [0.15, 0.2) is 11.5 Å². The van der Waals surface area contributed by atoms with Crippen LogP contribution in [-0.2, 0) is 13.0 Å². The normalized spacial score (nSPS) is 16.9. The molecule has 0 saturated carbocycles. The van der Waals surface area contributed by atoms with E-state index in [9.17, 15) is 9.18 Å². The summed E-state index contributed by atoms with van der Waals surface area (Å²) >= 11 is 0. The summed E-state index contributed by atoms with van der Waals surface area (Å²) in [6.45, 7) is 5.80. The molecule has 0 unspecified atom stereocenters. The van der Waals surface area contributed by atoms with Crippen LogP contribution in [0.4, 0.5) is 9.18 Å². The molecular weight excluding hydrogens is 397 g/mol. The predicted octanol–water partition coefficient (Wildman–Crippen LogP) is 4.04. The summed E-state index contributed by atoms with van der Waals surface area (Å²) in [4.78, 5) is 14.6. The fourth-order valence-corrected chi connectivity index (χ4v) is 4.21. The SMILES string of the molecule is CCCNC(=O)N[C@@H](C)[C@@H]1c2cc(OC)c(OC)cc2CCN1Cc1ccccc1F. The number of halogens is 1. The van der Waals surface area contributed by atoms with Crippen LogP contribution >= 0.6 is 0 Å². The molecule has 0 aromatic heterocycles. The molecule has 0 saturated heterocycles. The molecule has 2 aromatic carbocycles. The molecule has 0 radical (unpaired) electrons. The van der Waals surface area contributed by atoms with E-state index >= 15 is 0 Å². The number of amides is 2. The number of urea groups is 1. The summed E-state index contributed by atoms with van der Waals surface area (Å²) < 4.78 is 25.4. The number of nitrogens with one attached hydrogen (secondary N) is 2. The number of nitrogens with zero attached hydrogens (tertiary/aromatic N) is 1. The van der Waals surface area contributed by atoms with Gasteiger partial charge in [-0.1, -0.05) is 25.1 Å². The quantitative estimate of drug-likeness (QED) is 0.665. The summed E-state index contributed by atoms with van der Waals surface area (Å²) in [6, 6.07) is 10.3. The van der Waals surface area contributed by atoms with E-state index in [2.05, 4.69) is 15.5 Å². The Hall–Kier alpha value is -2.80. The van der Waals surface area contributed by atoms with Crippen molar-refractivity contribution in [3.63, 3.8) is 0 Å². The smallest absolute Gasteiger partial charge is 0.315 e. The second-order valence-corrected chi connectivity index (χ2v) is 7.85. The molecule has 1 aliphatic heterocycles. The van der Waals surface area contributed by atoms with Gasteiger partial charge >= 0.3 is 6.03 Å². The molecule has 31 heavy (non-hydrogen) atoms. The van der Waals surface area contributed by atoms with Crippen molar-refractivity contribution in [3.05, 3.63) is 58.9 Å². The highest BCUT2D eigenvalue weighted by Crippen LogP contribution is 2.40. The van der Waals surface area contributed by atoms with Gasteiger partial charge < -0.3 is 20.1 Å². The van der Waals surface area contributed by atoms with Crippen LogP contribution in [0.15, 0.2) is 36.4 Å². The average molecular weight is 430 g/mol. The van der Waals surface area contributed by atoms with E-state index in [1.165, 1.54) is 6.07 Å². The van der Waals surface area contributed by atoms with E-state index in [1.807, 2.05) is 38.1 Å². The molecule has 2 N–H and O–H groups in total. The van der Waals surface area contributed by atoms with Crippen molar-refractivity contribution in [2.24, 2.45) is 0 Å². The van der Waals surface area contributed by atoms with E-state index in [-0.39, 0.29) is 23.9 Å². The van der Waals surface area contributed by atoms with Crippen LogP contribution in [0.3, 0.4) is 0 Å². The molecule has 0 spiro atoms. The summed E-state index contributed by atoms with van der Waals surface area (Å²) in [5.41, 5.74) is 2.85. The van der Waals surface area contributed by atoms with Crippen LogP contribution < -0.4 is 20.1 Å². The Morgan fingerprint density at radius 3 is 2.61 bits per heavy atom. The predicted molar refractivity (Wildman–Crippen MR) is 119 cm³/mol. The number of fused-ring (bicyclic) bond motifs is 1. The van der Waals surface area contributed by atoms with E-state index in [1.54, 1.807) is 20.3 Å². The Labute approximate surface area is 183 Å². The minimum Gasteiger partial charge on any atom is -0.493 e. The zero-order valence-electron chi connectivity index (χ0n) is 18.7. The number of ether oxygens (including phenoxy) is 2. The largest absolute Gasteiger partial charge is 0.493 e. The van der Waals surface area contributed by atoms with Gasteiger partial charge in [0.25, 0.3) is 0 Å². The Kier molecular flexibility index (Phi) is 7.74. The van der Waals surface area contributed by atoms with Gasteiger partial charge in [0.1, 0.15) is 5.82 Å². The van der Waals surface area contributed by atoms with Gasteiger partial charge in [0, 0.05) is 31.2 Å². The molecule has 0 aliphatic carbocycles. The summed E-state index contributed by atoms with van der Waals surface area (Å²) in [5, 5.41) is 5.93. The number of hydrogen-bond donors (Lipinski definition) is 2. The molecular formula is C24H32FN3O3. The first-order valence-corrected chi connectivity index (χ1v) is 10.7. The maximum absolute atomic E-state index is 14.4. The second-order valence-electron chi connectivity index (χ2n) is 7.85. The van der Waals surface area contributed by atoms with Crippen LogP contribution in [0.25, 0.3) is 0 Å². The first kappa shape index (κ1) is 22.9. The molecule has 1 aliphatic rings. The van der Waals surface area contributed by atoms with Gasteiger partial charge in [-0.05, 0) is 49.1 Å². The minimum absolute atomic E-state index is 0.143. The van der Waals surface area contributed by atoms with Crippen molar-refractivity contribution < 1.29 is 18.7 Å². The van der Waals surface area contributed by atoms with E-state index in [0.29, 0.717) is 30.2 Å². The summed E-state index contributed by atoms with van der Waals surface area (Å²) in [6.07, 6.45) is 1.67. The van der Waals surface area contributed by atoms with Gasteiger partial charge in [-0.25, -0.2) is 9.18 Å². The van der Waals surface area contributed by atoms with Gasteiger partial charge in [-0.2, -0.15) is 0 Å². The maximum Gasteiger partial charge on any atom is 0.315 e. The Balaban J connectivity index is 1.95. The van der Waals surface area contributed by atoms with Crippen LogP contribution in [0, 0.1) is 5.82 Å². The van der Waals surface area contributed by atoms with E-state index in [0.717, 1.165) is 30.5 Å². The number of methoxy groups -OCH3 is 2. The third kappa shape index (κ3) is 5.28. The summed E-state index contributed by atoms with van der Waals surface area (Å²) in [7, 11) is 3.23. The maximum atomic E-state index is 14.4. The number of carbonyl (C=O) groups is 1. The lowest BCUT2D eigenvalue weighted by molar-refractivity contribution is 0.141. The van der Waals surface area contributed by atoms with Crippen molar-refractivity contribution in [1.29, 1.82) is 0 Å². The van der Waals surface area contributed by atoms with Gasteiger partial charge in [-0.15, -0.1) is 0 Å². The zero-order valence-corrected chi connectivity index (χ0v) is 18.7. The lowest BCUT2D eigenvalue weighted by atomic mass is 9.87. The van der Waals surface area contributed by atoms with E-state index < -0.39 is 0 Å². The molecule has 7 heteroatoms. The van der Waals surface area contributed by atoms with Crippen molar-refractivity contribution >= 4 is 6.03 Å². The first-order valence-electron chi connectivity index (χ1n) is 10.7. The number of carbonyl (C=O) groups excluding carboxylic acids is 1. The third-order valence-electron chi connectivity index (χ3n) is 5.72. The molecule has 0 bridgehead atoms. The lowest BCUT2D eigenvalue weighted by Crippen LogP contribution is -2.50. The fraction of sp³-hybridized carbons (Fsp3) is 0.458. The number of hydrogen-bond acceptors (Lipinski definition) is 4. The molecule has 6 nitrogen and oxygen atoms in total. The van der Waals surface area contributed by atoms with Crippen molar-refractivity contribution in [1.82, 2.24) is 15.5 Å². The van der Waals surface area contributed by atoms with Gasteiger partial charge in [0.2, 0.25) is 0 Å². The Morgan fingerprint density at radius 2 is 1.94 bits per heavy atom. The third-order valence-corrected chi connectivity index (χ3v) is 5.72. The topological polar surface area (TPSA) is 62.8 Å². The molecule has 1 heterocycles. The second kappa shape index (κ2) is 10.5. The molecule has 3 rings (SSSR count). The first-order chi connectivity index (χ1) is 15.0. The standard InChI is InChI=1S/C24H32FN3O3/c1-5-11-26-24(29)27-16(2)23-19-14-22(31-4)21(30-3)13-17(19)10-12-28(23)15-18-8-6-7-9-20(18)25/h6-9,13-14,16,23H,5,10-12,15H2,1-4H3,(H2,26,27,29)/t16-,23+/m0/s1. The molecule has 0 fully saturated rings. The van der Waals surface area contributed by atoms with Crippen LogP contribution in [0.5, 0.6) is 11.5 Å². The lowest BCUT2D eigenvalue weighted by Gasteiger charge is -2.41. The fourth-order valence-electron chi connectivity index (χ4n) is 4.21. The van der Waals surface area contributed by atoms with Crippen molar-refractivity contribution in [2.45, 2.75) is 45.3 Å². The van der Waals surface area contributed by atoms with Gasteiger partial charge in [-0.3, -0.25) is 4.90 Å². The monoisotopic (exact) mass is 429 g/mol. The number of rotatable bonds is 8. The Morgan fingerprint density at radius 1 is 1.23 bits per heavy atom. The highest BCUT2D eigenvalue weighted by atomic mass is 19.1. The van der Waals surface area contributed by atoms with E-state index in [4.69, 9.17) is 9.47 Å². The molecule has 2 atom stereocenters. The molecule has 168 valence electrons. The highest BCUT2D eigenvalue weighted by molar-refractivity contribution is 5.74. The van der Waals surface area contributed by atoms with Crippen LogP contribution in [-0.4, -0.2) is 44.3 Å². The van der Waals surface area contributed by atoms with Crippen molar-refractivity contribution in [2.75, 3.05) is 27.3 Å². The molecule has 2 aromatic rings. The van der Waals surface area contributed by atoms with Crippen LogP contribution in [0.1, 0.15) is 43.0 Å². The highest BCUT2D eigenvalue weighted by Gasteiger charge is 2.34. The summed E-state index contributed by atoms with van der Waals surface area (Å²) in [5.74, 6) is 1.10. The molecule has 2 amide bonds. The average Bonchev–Trinajstić information content (AvgIpc) is 2.77. The van der Waals surface area contributed by atoms with Crippen LogP contribution in [0.2, 0.25) is 0 Å².